The minimum absolute atomic E-state index is 0.343. The van der Waals surface area contributed by atoms with Gasteiger partial charge in [0.25, 0.3) is 0 Å². The topological polar surface area (TPSA) is 37.3 Å². The summed E-state index contributed by atoms with van der Waals surface area (Å²) >= 11 is 0. The second kappa shape index (κ2) is 16.1. The molecule has 0 radical (unpaired) electrons. The van der Waals surface area contributed by atoms with Crippen LogP contribution in [0.5, 0.6) is 0 Å². The van der Waals surface area contributed by atoms with E-state index in [1.807, 2.05) is 13.8 Å². The van der Waals surface area contributed by atoms with E-state index in [0.29, 0.717) is 25.2 Å². The van der Waals surface area contributed by atoms with Gasteiger partial charge >= 0.3 is 0 Å². The van der Waals surface area contributed by atoms with Crippen LogP contribution in [0.15, 0.2) is 0 Å². The SMILES string of the molecule is CCC(=O)CC.CCCCCCCCO. The molecule has 0 aliphatic heterocycles. The van der Waals surface area contributed by atoms with Crippen LogP contribution in [0.1, 0.15) is 72.1 Å². The number of rotatable bonds is 8. The number of carbonyl (C=O) groups is 1. The summed E-state index contributed by atoms with van der Waals surface area (Å²) in [6.07, 6.45) is 8.88. The van der Waals surface area contributed by atoms with Gasteiger partial charge in [0.2, 0.25) is 0 Å². The molecule has 0 aliphatic rings. The number of ketones is 1. The van der Waals surface area contributed by atoms with Crippen molar-refractivity contribution in [2.75, 3.05) is 6.61 Å². The first kappa shape index (κ1) is 17.0. The van der Waals surface area contributed by atoms with E-state index in [9.17, 15) is 4.79 Å². The fourth-order valence-electron chi connectivity index (χ4n) is 1.14. The van der Waals surface area contributed by atoms with Crippen LogP contribution in [-0.2, 0) is 4.79 Å². The van der Waals surface area contributed by atoms with Gasteiger partial charge in [-0.15, -0.1) is 0 Å². The molecule has 0 spiro atoms. The Morgan fingerprint density at radius 1 is 0.867 bits per heavy atom. The molecule has 0 aliphatic carbocycles. The van der Waals surface area contributed by atoms with Crippen molar-refractivity contribution in [3.63, 3.8) is 0 Å². The van der Waals surface area contributed by atoms with Gasteiger partial charge in [0.1, 0.15) is 5.78 Å². The van der Waals surface area contributed by atoms with Crippen LogP contribution >= 0.6 is 0 Å². The van der Waals surface area contributed by atoms with Crippen LogP contribution < -0.4 is 0 Å². The third-order valence-corrected chi connectivity index (χ3v) is 2.30. The molecule has 92 valence electrons. The van der Waals surface area contributed by atoms with Gasteiger partial charge in [-0.05, 0) is 6.42 Å². The zero-order chi connectivity index (χ0) is 11.9. The number of hydrogen-bond acceptors (Lipinski definition) is 2. The number of carbonyl (C=O) groups excluding carboxylic acids is 1. The minimum atomic E-state index is 0.343. The minimum Gasteiger partial charge on any atom is -0.396 e. The van der Waals surface area contributed by atoms with Crippen molar-refractivity contribution in [3.05, 3.63) is 0 Å². The lowest BCUT2D eigenvalue weighted by Crippen LogP contribution is -1.88. The van der Waals surface area contributed by atoms with Crippen molar-refractivity contribution in [2.24, 2.45) is 0 Å². The van der Waals surface area contributed by atoms with E-state index in [4.69, 9.17) is 5.11 Å². The van der Waals surface area contributed by atoms with Gasteiger partial charge in [-0.3, -0.25) is 4.79 Å². The first-order valence-corrected chi connectivity index (χ1v) is 6.35. The Hall–Kier alpha value is -0.370. The maximum Gasteiger partial charge on any atom is 0.132 e. The molecule has 0 aromatic rings. The Balaban J connectivity index is 0. The first-order valence-electron chi connectivity index (χ1n) is 6.35. The lowest BCUT2D eigenvalue weighted by Gasteiger charge is -1.95. The Morgan fingerprint density at radius 3 is 1.67 bits per heavy atom. The van der Waals surface area contributed by atoms with Gasteiger partial charge in [-0.1, -0.05) is 52.9 Å². The number of unbranched alkanes of at least 4 members (excludes halogenated alkanes) is 5. The first-order chi connectivity index (χ1) is 7.22. The van der Waals surface area contributed by atoms with Crippen LogP contribution in [-0.4, -0.2) is 17.5 Å². The van der Waals surface area contributed by atoms with Crippen molar-refractivity contribution in [2.45, 2.75) is 72.1 Å². The van der Waals surface area contributed by atoms with Gasteiger partial charge in [0.05, 0.1) is 0 Å². The van der Waals surface area contributed by atoms with Crippen LogP contribution in [0.2, 0.25) is 0 Å². The zero-order valence-corrected chi connectivity index (χ0v) is 10.7. The lowest BCUT2D eigenvalue weighted by atomic mass is 10.1. The van der Waals surface area contributed by atoms with Crippen molar-refractivity contribution in [1.82, 2.24) is 0 Å². The number of aliphatic hydroxyl groups excluding tert-OH is 1. The average molecular weight is 216 g/mol. The Kier molecular flexibility index (Phi) is 18.3. The second-order valence-electron chi connectivity index (χ2n) is 3.74. The van der Waals surface area contributed by atoms with Crippen LogP contribution in [0.25, 0.3) is 0 Å². The molecule has 0 bridgehead atoms. The summed E-state index contributed by atoms with van der Waals surface area (Å²) in [5, 5.41) is 8.42. The van der Waals surface area contributed by atoms with E-state index in [1.54, 1.807) is 0 Å². The average Bonchev–Trinajstić information content (AvgIpc) is 2.29. The number of aliphatic hydroxyl groups is 1. The van der Waals surface area contributed by atoms with Crippen LogP contribution in [0.4, 0.5) is 0 Å². The van der Waals surface area contributed by atoms with Crippen molar-refractivity contribution in [3.8, 4) is 0 Å². The van der Waals surface area contributed by atoms with E-state index in [2.05, 4.69) is 6.92 Å². The van der Waals surface area contributed by atoms with E-state index in [1.165, 1.54) is 32.1 Å². The summed E-state index contributed by atoms with van der Waals surface area (Å²) in [6, 6.07) is 0. The van der Waals surface area contributed by atoms with Crippen LogP contribution in [0, 0.1) is 0 Å². The molecule has 0 atom stereocenters. The maximum atomic E-state index is 10.2. The molecule has 15 heavy (non-hydrogen) atoms. The van der Waals surface area contributed by atoms with E-state index >= 15 is 0 Å². The lowest BCUT2D eigenvalue weighted by molar-refractivity contribution is -0.118. The normalized spacial score (nSPS) is 9.33. The largest absolute Gasteiger partial charge is 0.396 e. The summed E-state index contributed by atoms with van der Waals surface area (Å²) in [7, 11) is 0. The molecule has 2 nitrogen and oxygen atoms in total. The highest BCUT2D eigenvalue weighted by atomic mass is 16.2. The van der Waals surface area contributed by atoms with Crippen LogP contribution in [0.3, 0.4) is 0 Å². The Labute approximate surface area is 95.1 Å². The predicted molar refractivity (Wildman–Crippen MR) is 66.1 cm³/mol. The van der Waals surface area contributed by atoms with Gasteiger partial charge < -0.3 is 5.11 Å². The highest BCUT2D eigenvalue weighted by molar-refractivity contribution is 5.77. The number of Topliss-reactive ketones (excluding diaryl/α,β-unsaturated/α-hetero) is 1. The van der Waals surface area contributed by atoms with Gasteiger partial charge in [-0.25, -0.2) is 0 Å². The quantitative estimate of drug-likeness (QED) is 0.628. The van der Waals surface area contributed by atoms with E-state index in [-0.39, 0.29) is 0 Å². The van der Waals surface area contributed by atoms with Crippen molar-refractivity contribution < 1.29 is 9.90 Å². The maximum absolute atomic E-state index is 10.2. The summed E-state index contributed by atoms with van der Waals surface area (Å²) in [5.41, 5.74) is 0. The highest BCUT2D eigenvalue weighted by Gasteiger charge is 1.87. The van der Waals surface area contributed by atoms with Crippen molar-refractivity contribution >= 4 is 5.78 Å². The molecule has 0 unspecified atom stereocenters. The smallest absolute Gasteiger partial charge is 0.132 e. The molecular formula is C13H28O2. The summed E-state index contributed by atoms with van der Waals surface area (Å²) in [6.45, 7) is 6.34. The second-order valence-corrected chi connectivity index (χ2v) is 3.74. The molecule has 0 saturated carbocycles. The fraction of sp³-hybridized carbons (Fsp3) is 0.923. The Bertz CT molecular complexity index is 110. The molecule has 0 rings (SSSR count). The van der Waals surface area contributed by atoms with Gasteiger partial charge in [-0.2, -0.15) is 0 Å². The Morgan fingerprint density at radius 2 is 1.33 bits per heavy atom. The highest BCUT2D eigenvalue weighted by Crippen LogP contribution is 2.03. The van der Waals surface area contributed by atoms with Gasteiger partial charge in [0, 0.05) is 19.4 Å². The molecule has 1 N–H and O–H groups in total. The molecule has 0 aromatic carbocycles. The summed E-state index contributed by atoms with van der Waals surface area (Å²) in [5.74, 6) is 0.343. The molecule has 0 heterocycles. The van der Waals surface area contributed by atoms with Gasteiger partial charge in [0.15, 0.2) is 0 Å². The molecule has 0 aromatic heterocycles. The zero-order valence-electron chi connectivity index (χ0n) is 10.7. The monoisotopic (exact) mass is 216 g/mol. The van der Waals surface area contributed by atoms with E-state index < -0.39 is 0 Å². The number of hydrogen-bond donors (Lipinski definition) is 1. The molecular weight excluding hydrogens is 188 g/mol. The predicted octanol–water partition coefficient (Wildman–Crippen LogP) is 3.71. The molecule has 0 amide bonds. The molecule has 0 fully saturated rings. The molecule has 2 heteroatoms. The summed E-state index contributed by atoms with van der Waals surface area (Å²) < 4.78 is 0. The molecule has 0 saturated heterocycles. The fourth-order valence-corrected chi connectivity index (χ4v) is 1.14. The van der Waals surface area contributed by atoms with Crippen molar-refractivity contribution in [1.29, 1.82) is 0 Å². The summed E-state index contributed by atoms with van der Waals surface area (Å²) in [4.78, 5) is 10.2. The third kappa shape index (κ3) is 19.9. The third-order valence-electron chi connectivity index (χ3n) is 2.30. The van der Waals surface area contributed by atoms with E-state index in [0.717, 1.165) is 6.42 Å². The standard InChI is InChI=1S/C8H18O.C5H10O/c1-2-3-4-5-6-7-8-9;1-3-5(6)4-2/h9H,2-8H2,1H3;3-4H2,1-2H3.